The maximum Gasteiger partial charge on any atom is 0.253 e. The minimum atomic E-state index is -3.70. The first-order valence-corrected chi connectivity index (χ1v) is 7.87. The highest BCUT2D eigenvalue weighted by Crippen LogP contribution is 2.25. The zero-order valence-corrected chi connectivity index (χ0v) is 14.7. The normalized spacial score (nSPS) is 10.7. The standard InChI is InChI=1S/C13H21N3O4S.ClH/c1-14-7-8-16(3)13(17)10-5-6-11(20-4)12(9-10)21(18,19)15-2;/h5-6,9,14-15H,7-8H2,1-4H3;1H. The van der Waals surface area contributed by atoms with E-state index < -0.39 is 10.0 Å². The highest BCUT2D eigenvalue weighted by Gasteiger charge is 2.21. The van der Waals surface area contributed by atoms with Gasteiger partial charge in [0.2, 0.25) is 10.0 Å². The Kier molecular flexibility index (Phi) is 8.39. The topological polar surface area (TPSA) is 87.7 Å². The Hall–Kier alpha value is -1.35. The van der Waals surface area contributed by atoms with Crippen LogP contribution in [0.5, 0.6) is 5.75 Å². The number of carbonyl (C=O) groups excluding carboxylic acids is 1. The molecule has 1 amide bonds. The summed E-state index contributed by atoms with van der Waals surface area (Å²) in [5.41, 5.74) is 0.295. The van der Waals surface area contributed by atoms with Gasteiger partial charge < -0.3 is 15.0 Å². The molecule has 0 radical (unpaired) electrons. The number of nitrogens with one attached hydrogen (secondary N) is 2. The first-order valence-electron chi connectivity index (χ1n) is 6.39. The number of sulfonamides is 1. The minimum Gasteiger partial charge on any atom is -0.495 e. The van der Waals surface area contributed by atoms with Crippen molar-refractivity contribution in [2.24, 2.45) is 0 Å². The lowest BCUT2D eigenvalue weighted by atomic mass is 10.2. The molecule has 1 aromatic carbocycles. The molecule has 0 spiro atoms. The fraction of sp³-hybridized carbons (Fsp3) is 0.462. The van der Waals surface area contributed by atoms with Gasteiger partial charge in [-0.05, 0) is 32.3 Å². The SMILES string of the molecule is CNCCN(C)C(=O)c1ccc(OC)c(S(=O)(=O)NC)c1.Cl. The molecule has 0 aromatic heterocycles. The van der Waals surface area contributed by atoms with E-state index in [0.717, 1.165) is 0 Å². The van der Waals surface area contributed by atoms with E-state index in [-0.39, 0.29) is 29.0 Å². The van der Waals surface area contributed by atoms with Gasteiger partial charge in [-0.1, -0.05) is 0 Å². The maximum atomic E-state index is 12.3. The molecule has 0 fully saturated rings. The lowest BCUT2D eigenvalue weighted by molar-refractivity contribution is 0.0796. The van der Waals surface area contributed by atoms with Crippen LogP contribution >= 0.6 is 12.4 Å². The molecule has 1 rings (SSSR count). The molecular weight excluding hydrogens is 330 g/mol. The molecule has 0 aliphatic heterocycles. The average molecular weight is 352 g/mol. The van der Waals surface area contributed by atoms with Gasteiger partial charge in [0.25, 0.3) is 5.91 Å². The molecule has 0 unspecified atom stereocenters. The summed E-state index contributed by atoms with van der Waals surface area (Å²) in [4.78, 5) is 13.7. The fourth-order valence-corrected chi connectivity index (χ4v) is 2.65. The van der Waals surface area contributed by atoms with Crippen molar-refractivity contribution >= 4 is 28.3 Å². The van der Waals surface area contributed by atoms with Crippen LogP contribution in [0.2, 0.25) is 0 Å². The second-order valence-electron chi connectivity index (χ2n) is 4.40. The van der Waals surface area contributed by atoms with Gasteiger partial charge in [-0.15, -0.1) is 12.4 Å². The molecule has 1 aromatic rings. The van der Waals surface area contributed by atoms with E-state index in [4.69, 9.17) is 4.74 Å². The fourth-order valence-electron chi connectivity index (χ4n) is 1.73. The summed E-state index contributed by atoms with van der Waals surface area (Å²) in [5, 5.41) is 2.95. The van der Waals surface area contributed by atoms with Crippen LogP contribution in [0.3, 0.4) is 0 Å². The first kappa shape index (κ1) is 20.6. The van der Waals surface area contributed by atoms with Crippen LogP contribution < -0.4 is 14.8 Å². The Morgan fingerprint density at radius 2 is 1.95 bits per heavy atom. The number of methoxy groups -OCH3 is 1. The Bertz CT molecular complexity index is 607. The lowest BCUT2D eigenvalue weighted by Gasteiger charge is -2.18. The van der Waals surface area contributed by atoms with Crippen molar-refractivity contribution in [3.63, 3.8) is 0 Å². The average Bonchev–Trinajstić information content (AvgIpc) is 2.51. The number of halogens is 1. The van der Waals surface area contributed by atoms with Crippen LogP contribution in [0.15, 0.2) is 23.1 Å². The third kappa shape index (κ3) is 4.84. The molecule has 0 aliphatic rings. The summed E-state index contributed by atoms with van der Waals surface area (Å²) < 4.78 is 31.2. The van der Waals surface area contributed by atoms with Crippen LogP contribution in [0, 0.1) is 0 Å². The first-order chi connectivity index (χ1) is 9.87. The van der Waals surface area contributed by atoms with Gasteiger partial charge in [-0.2, -0.15) is 0 Å². The predicted molar refractivity (Wildman–Crippen MR) is 87.4 cm³/mol. The van der Waals surface area contributed by atoms with E-state index in [1.165, 1.54) is 31.2 Å². The minimum absolute atomic E-state index is 0. The largest absolute Gasteiger partial charge is 0.495 e. The summed E-state index contributed by atoms with van der Waals surface area (Å²) in [6.07, 6.45) is 0. The molecule has 0 bridgehead atoms. The van der Waals surface area contributed by atoms with Crippen LogP contribution in [-0.2, 0) is 10.0 Å². The van der Waals surface area contributed by atoms with Gasteiger partial charge >= 0.3 is 0 Å². The second kappa shape index (κ2) is 8.94. The quantitative estimate of drug-likeness (QED) is 0.738. The van der Waals surface area contributed by atoms with Crippen molar-refractivity contribution in [2.45, 2.75) is 4.90 Å². The Morgan fingerprint density at radius 1 is 1.32 bits per heavy atom. The van der Waals surface area contributed by atoms with Gasteiger partial charge in [-0.25, -0.2) is 13.1 Å². The molecule has 2 N–H and O–H groups in total. The molecule has 0 saturated heterocycles. The van der Waals surface area contributed by atoms with Crippen molar-refractivity contribution in [3.8, 4) is 5.75 Å². The van der Waals surface area contributed by atoms with Crippen LogP contribution in [0.1, 0.15) is 10.4 Å². The number of ether oxygens (including phenoxy) is 1. The number of rotatable bonds is 7. The van der Waals surface area contributed by atoms with Gasteiger partial charge in [0.05, 0.1) is 7.11 Å². The highest BCUT2D eigenvalue weighted by molar-refractivity contribution is 7.89. The number of amides is 1. The molecule has 0 heterocycles. The molecule has 0 aliphatic carbocycles. The lowest BCUT2D eigenvalue weighted by Crippen LogP contribution is -2.33. The number of hydrogen-bond acceptors (Lipinski definition) is 5. The second-order valence-corrected chi connectivity index (χ2v) is 6.26. The zero-order chi connectivity index (χ0) is 16.0. The smallest absolute Gasteiger partial charge is 0.253 e. The third-order valence-corrected chi connectivity index (χ3v) is 4.45. The molecule has 7 nitrogen and oxygen atoms in total. The number of hydrogen-bond donors (Lipinski definition) is 2. The van der Waals surface area contributed by atoms with E-state index in [0.29, 0.717) is 18.7 Å². The van der Waals surface area contributed by atoms with Crippen LogP contribution in [0.4, 0.5) is 0 Å². The van der Waals surface area contributed by atoms with E-state index in [2.05, 4.69) is 10.0 Å². The van der Waals surface area contributed by atoms with Crippen LogP contribution in [-0.4, -0.2) is 60.6 Å². The van der Waals surface area contributed by atoms with Gasteiger partial charge in [0, 0.05) is 25.7 Å². The summed E-state index contributed by atoms with van der Waals surface area (Å²) in [7, 11) is 2.45. The summed E-state index contributed by atoms with van der Waals surface area (Å²) in [6.45, 7) is 1.18. The van der Waals surface area contributed by atoms with Crippen molar-refractivity contribution in [1.29, 1.82) is 0 Å². The van der Waals surface area contributed by atoms with Crippen molar-refractivity contribution in [1.82, 2.24) is 14.9 Å². The van der Waals surface area contributed by atoms with E-state index in [1.54, 1.807) is 20.2 Å². The Balaban J connectivity index is 0.00000441. The molecule has 9 heteroatoms. The number of benzene rings is 1. The molecular formula is C13H22ClN3O4S. The summed E-state index contributed by atoms with van der Waals surface area (Å²) in [6, 6.07) is 4.35. The third-order valence-electron chi connectivity index (χ3n) is 3.01. The van der Waals surface area contributed by atoms with Crippen molar-refractivity contribution in [3.05, 3.63) is 23.8 Å². The van der Waals surface area contributed by atoms with E-state index in [9.17, 15) is 13.2 Å². The van der Waals surface area contributed by atoms with Crippen LogP contribution in [0.25, 0.3) is 0 Å². The van der Waals surface area contributed by atoms with E-state index in [1.807, 2.05) is 0 Å². The highest BCUT2D eigenvalue weighted by atomic mass is 35.5. The monoisotopic (exact) mass is 351 g/mol. The molecule has 126 valence electrons. The number of likely N-dealkylation sites (N-methyl/N-ethyl adjacent to an activating group) is 2. The summed E-state index contributed by atoms with van der Waals surface area (Å²) >= 11 is 0. The molecule has 0 saturated carbocycles. The Morgan fingerprint density at radius 3 is 2.45 bits per heavy atom. The van der Waals surface area contributed by atoms with Gasteiger partial charge in [-0.3, -0.25) is 4.79 Å². The number of nitrogens with zero attached hydrogens (tertiary/aromatic N) is 1. The predicted octanol–water partition coefficient (Wildman–Crippen LogP) is 0.317. The molecule has 0 atom stereocenters. The van der Waals surface area contributed by atoms with Crippen molar-refractivity contribution < 1.29 is 17.9 Å². The zero-order valence-electron chi connectivity index (χ0n) is 13.0. The summed E-state index contributed by atoms with van der Waals surface area (Å²) in [5.74, 6) is -0.0563. The van der Waals surface area contributed by atoms with Crippen molar-refractivity contribution in [2.75, 3.05) is 41.3 Å². The van der Waals surface area contributed by atoms with Gasteiger partial charge in [0.15, 0.2) is 0 Å². The van der Waals surface area contributed by atoms with Gasteiger partial charge in [0.1, 0.15) is 10.6 Å². The van der Waals surface area contributed by atoms with E-state index >= 15 is 0 Å². The Labute approximate surface area is 137 Å². The maximum absolute atomic E-state index is 12.3. The number of carbonyl (C=O) groups is 1. The molecule has 22 heavy (non-hydrogen) atoms.